The predicted molar refractivity (Wildman–Crippen MR) is 72.9 cm³/mol. The number of halogens is 3. The van der Waals surface area contributed by atoms with Crippen molar-refractivity contribution in [3.8, 4) is 0 Å². The average molecular weight is 325 g/mol. The number of carbonyl (C=O) groups excluding carboxylic acids is 1. The van der Waals surface area contributed by atoms with E-state index in [-0.39, 0.29) is 24.2 Å². The average Bonchev–Trinajstić information content (AvgIpc) is 2.34. The van der Waals surface area contributed by atoms with Gasteiger partial charge in [0, 0.05) is 22.9 Å². The highest BCUT2D eigenvalue weighted by molar-refractivity contribution is 9.10. The second kappa shape index (κ2) is 6.06. The summed E-state index contributed by atoms with van der Waals surface area (Å²) in [5, 5.41) is 0. The van der Waals surface area contributed by atoms with Crippen LogP contribution in [0.25, 0.3) is 0 Å². The van der Waals surface area contributed by atoms with Gasteiger partial charge in [0.2, 0.25) is 0 Å². The van der Waals surface area contributed by atoms with Crippen molar-refractivity contribution in [3.05, 3.63) is 69.7 Å². The van der Waals surface area contributed by atoms with Crippen LogP contribution in [0.3, 0.4) is 0 Å². The zero-order valence-corrected chi connectivity index (χ0v) is 11.6. The minimum atomic E-state index is -0.678. The molecule has 2 aromatic carbocycles. The molecule has 0 bridgehead atoms. The van der Waals surface area contributed by atoms with Gasteiger partial charge in [0.1, 0.15) is 17.4 Å². The van der Waals surface area contributed by atoms with Crippen LogP contribution < -0.4 is 0 Å². The van der Waals surface area contributed by atoms with E-state index in [0.29, 0.717) is 0 Å². The van der Waals surface area contributed by atoms with Crippen LogP contribution in [0.4, 0.5) is 8.78 Å². The lowest BCUT2D eigenvalue weighted by atomic mass is 10.0. The summed E-state index contributed by atoms with van der Waals surface area (Å²) in [7, 11) is 0. The predicted octanol–water partition coefficient (Wildman–Crippen LogP) is 4.08. The molecule has 0 spiro atoms. The molecule has 2 aromatic rings. The fourth-order valence-corrected chi connectivity index (χ4v) is 2.28. The Kier molecular flexibility index (Phi) is 4.43. The number of carbonyl (C=O) groups is 1. The summed E-state index contributed by atoms with van der Waals surface area (Å²) in [6, 6.07) is 10.9. The standard InChI is InChI=1S/C15H11BrF2O/c16-11-4-1-3-10(7-11)8-12(19)9-13-14(17)5-2-6-15(13)18/h1-7H,8-9H2. The molecule has 0 atom stereocenters. The van der Waals surface area contributed by atoms with E-state index in [1.54, 1.807) is 6.07 Å². The Morgan fingerprint density at radius 2 is 1.63 bits per heavy atom. The molecule has 0 aromatic heterocycles. The van der Waals surface area contributed by atoms with E-state index >= 15 is 0 Å². The van der Waals surface area contributed by atoms with Gasteiger partial charge in [0.25, 0.3) is 0 Å². The second-order valence-corrected chi connectivity index (χ2v) is 5.14. The van der Waals surface area contributed by atoms with Gasteiger partial charge in [0.15, 0.2) is 0 Å². The SMILES string of the molecule is O=C(Cc1cccc(Br)c1)Cc1c(F)cccc1F. The quantitative estimate of drug-likeness (QED) is 0.828. The van der Waals surface area contributed by atoms with Crippen LogP contribution in [-0.4, -0.2) is 5.78 Å². The highest BCUT2D eigenvalue weighted by Crippen LogP contribution is 2.16. The summed E-state index contributed by atoms with van der Waals surface area (Å²) in [5.74, 6) is -1.58. The first kappa shape index (κ1) is 13.9. The molecule has 19 heavy (non-hydrogen) atoms. The first-order valence-electron chi connectivity index (χ1n) is 5.75. The molecule has 0 aliphatic heterocycles. The van der Waals surface area contributed by atoms with Crippen molar-refractivity contribution < 1.29 is 13.6 Å². The molecule has 0 fully saturated rings. The minimum Gasteiger partial charge on any atom is -0.299 e. The zero-order chi connectivity index (χ0) is 13.8. The number of rotatable bonds is 4. The Labute approximate surface area is 118 Å². The lowest BCUT2D eigenvalue weighted by Gasteiger charge is -2.05. The Morgan fingerprint density at radius 3 is 2.26 bits per heavy atom. The molecule has 2 rings (SSSR count). The third-order valence-electron chi connectivity index (χ3n) is 2.73. The monoisotopic (exact) mass is 324 g/mol. The summed E-state index contributed by atoms with van der Waals surface area (Å²) < 4.78 is 27.7. The van der Waals surface area contributed by atoms with Crippen LogP contribution in [0, 0.1) is 11.6 Å². The highest BCUT2D eigenvalue weighted by Gasteiger charge is 2.13. The molecule has 0 amide bonds. The third kappa shape index (κ3) is 3.70. The van der Waals surface area contributed by atoms with Crippen LogP contribution in [0.15, 0.2) is 46.9 Å². The van der Waals surface area contributed by atoms with E-state index in [1.165, 1.54) is 6.07 Å². The smallest absolute Gasteiger partial charge is 0.141 e. The van der Waals surface area contributed by atoms with E-state index < -0.39 is 11.6 Å². The van der Waals surface area contributed by atoms with Crippen LogP contribution >= 0.6 is 15.9 Å². The largest absolute Gasteiger partial charge is 0.299 e. The van der Waals surface area contributed by atoms with Crippen molar-refractivity contribution in [2.75, 3.05) is 0 Å². The van der Waals surface area contributed by atoms with Crippen LogP contribution in [0.1, 0.15) is 11.1 Å². The molecule has 0 radical (unpaired) electrons. The molecule has 98 valence electrons. The van der Waals surface area contributed by atoms with Crippen LogP contribution in [0.2, 0.25) is 0 Å². The maximum absolute atomic E-state index is 13.4. The highest BCUT2D eigenvalue weighted by atomic mass is 79.9. The molecule has 0 saturated carbocycles. The van der Waals surface area contributed by atoms with Gasteiger partial charge in [-0.05, 0) is 29.8 Å². The molecule has 0 aliphatic rings. The molecule has 4 heteroatoms. The molecule has 0 heterocycles. The normalized spacial score (nSPS) is 10.5. The molecular weight excluding hydrogens is 314 g/mol. The van der Waals surface area contributed by atoms with Gasteiger partial charge < -0.3 is 0 Å². The topological polar surface area (TPSA) is 17.1 Å². The summed E-state index contributed by atoms with van der Waals surface area (Å²) >= 11 is 3.31. The van der Waals surface area contributed by atoms with Gasteiger partial charge in [-0.1, -0.05) is 34.1 Å². The van der Waals surface area contributed by atoms with Gasteiger partial charge in [-0.2, -0.15) is 0 Å². The number of Topliss-reactive ketones (excluding diaryl/α,β-unsaturated/α-hetero) is 1. The lowest BCUT2D eigenvalue weighted by Crippen LogP contribution is -2.09. The van der Waals surface area contributed by atoms with Crippen molar-refractivity contribution >= 4 is 21.7 Å². The summed E-state index contributed by atoms with van der Waals surface area (Å²) in [4.78, 5) is 11.8. The number of benzene rings is 2. The van der Waals surface area contributed by atoms with Gasteiger partial charge in [-0.3, -0.25) is 4.79 Å². The number of hydrogen-bond donors (Lipinski definition) is 0. The molecular formula is C15H11BrF2O. The van der Waals surface area contributed by atoms with E-state index in [2.05, 4.69) is 15.9 Å². The van der Waals surface area contributed by atoms with Crippen molar-refractivity contribution in [1.82, 2.24) is 0 Å². The molecule has 0 unspecified atom stereocenters. The molecule has 0 saturated heterocycles. The molecule has 1 nitrogen and oxygen atoms in total. The molecule has 0 N–H and O–H groups in total. The van der Waals surface area contributed by atoms with Crippen molar-refractivity contribution in [2.45, 2.75) is 12.8 Å². The first-order valence-corrected chi connectivity index (χ1v) is 6.54. The van der Waals surface area contributed by atoms with Crippen LogP contribution in [-0.2, 0) is 17.6 Å². The maximum Gasteiger partial charge on any atom is 0.141 e. The fraction of sp³-hybridized carbons (Fsp3) is 0.133. The Hall–Kier alpha value is -1.55. The van der Waals surface area contributed by atoms with E-state index in [4.69, 9.17) is 0 Å². The van der Waals surface area contributed by atoms with Gasteiger partial charge in [-0.25, -0.2) is 8.78 Å². The summed E-state index contributed by atoms with van der Waals surface area (Å²) in [5.41, 5.74) is 0.651. The van der Waals surface area contributed by atoms with E-state index in [1.807, 2.05) is 18.2 Å². The van der Waals surface area contributed by atoms with E-state index in [0.717, 1.165) is 22.2 Å². The Bertz CT molecular complexity index is 591. The van der Waals surface area contributed by atoms with Crippen molar-refractivity contribution in [3.63, 3.8) is 0 Å². The minimum absolute atomic E-state index is 0.160. The molecule has 0 aliphatic carbocycles. The van der Waals surface area contributed by atoms with Gasteiger partial charge in [0.05, 0.1) is 0 Å². The third-order valence-corrected chi connectivity index (χ3v) is 3.22. The maximum atomic E-state index is 13.4. The van der Waals surface area contributed by atoms with Gasteiger partial charge in [-0.15, -0.1) is 0 Å². The number of hydrogen-bond acceptors (Lipinski definition) is 1. The lowest BCUT2D eigenvalue weighted by molar-refractivity contribution is -0.117. The number of ketones is 1. The Morgan fingerprint density at radius 1 is 1.00 bits per heavy atom. The van der Waals surface area contributed by atoms with Gasteiger partial charge >= 0.3 is 0 Å². The Balaban J connectivity index is 2.10. The second-order valence-electron chi connectivity index (χ2n) is 4.22. The fourth-order valence-electron chi connectivity index (χ4n) is 1.84. The summed E-state index contributed by atoms with van der Waals surface area (Å²) in [6.45, 7) is 0. The van der Waals surface area contributed by atoms with Crippen molar-refractivity contribution in [1.29, 1.82) is 0 Å². The summed E-state index contributed by atoms with van der Waals surface area (Å²) in [6.07, 6.45) is -0.0712. The first-order chi connectivity index (χ1) is 9.06. The van der Waals surface area contributed by atoms with Crippen molar-refractivity contribution in [2.24, 2.45) is 0 Å². The zero-order valence-electron chi connectivity index (χ0n) is 10.00. The van der Waals surface area contributed by atoms with E-state index in [9.17, 15) is 13.6 Å². The van der Waals surface area contributed by atoms with Crippen LogP contribution in [0.5, 0.6) is 0 Å².